The molecule has 0 radical (unpaired) electrons. The van der Waals surface area contributed by atoms with E-state index in [2.05, 4.69) is 5.32 Å². The van der Waals surface area contributed by atoms with Crippen LogP contribution in [0.5, 0.6) is 0 Å². The molecule has 5 atom stereocenters. The van der Waals surface area contributed by atoms with Crippen molar-refractivity contribution in [3.63, 3.8) is 0 Å². The van der Waals surface area contributed by atoms with E-state index >= 15 is 0 Å². The van der Waals surface area contributed by atoms with Gasteiger partial charge >= 0.3 is 0 Å². The van der Waals surface area contributed by atoms with Crippen LogP contribution in [-0.4, -0.2) is 59.6 Å². The van der Waals surface area contributed by atoms with Gasteiger partial charge in [-0.25, -0.2) is 0 Å². The second-order valence-corrected chi connectivity index (χ2v) is 19.1. The van der Waals surface area contributed by atoms with E-state index in [9.17, 15) is 24.3 Å². The molecule has 4 aromatic rings. The first-order valence-corrected chi connectivity index (χ1v) is 21.0. The molecule has 3 aliphatic heterocycles. The zero-order valence-electron chi connectivity index (χ0n) is 29.4. The van der Waals surface area contributed by atoms with Gasteiger partial charge in [0.25, 0.3) is 11.8 Å². The van der Waals surface area contributed by atoms with Gasteiger partial charge in [0, 0.05) is 45.5 Å². The van der Waals surface area contributed by atoms with Crippen molar-refractivity contribution >= 4 is 54.7 Å². The molecule has 3 aliphatic rings. The number of anilines is 3. The fraction of sp³-hybridized carbons (Fsp3) is 0.325. The minimum Gasteiger partial charge on any atom is -0.432 e. The molecule has 3 amide bonds. The van der Waals surface area contributed by atoms with Gasteiger partial charge in [0.1, 0.15) is 0 Å². The number of hydrogen-bond donors (Lipinski definition) is 4. The van der Waals surface area contributed by atoms with Crippen molar-refractivity contribution in [1.82, 2.24) is 4.90 Å². The standard InChI is InChI=1S/C40H43ClN4O6Si/c1-24-37(52(2,3)50)35(20-36(47)44-22-28-9-5-4-8-27(28)18-32(44)23-46)51-40(24)33-19-29(41)13-16-34(33)45(39(40)49)21-25-7-6-10-31(17-25)43-38(48)26-11-14-30(42)15-12-26/h4-17,19,24,32,35,37,46,50H,18,20-23,42H2,1-3H3,(H,43,48)/t24-,32+,35+,37-,40+/m1/s1. The monoisotopic (exact) mass is 738 g/mol. The molecule has 3 heterocycles. The number of halogens is 1. The largest absolute Gasteiger partial charge is 0.432 e. The molecule has 0 bridgehead atoms. The molecule has 52 heavy (non-hydrogen) atoms. The van der Waals surface area contributed by atoms with E-state index in [1.165, 1.54) is 0 Å². The fourth-order valence-electron chi connectivity index (χ4n) is 8.51. The summed E-state index contributed by atoms with van der Waals surface area (Å²) in [5.41, 5.74) is 9.55. The maximum atomic E-state index is 14.9. The van der Waals surface area contributed by atoms with Crippen LogP contribution in [0.15, 0.2) is 91.0 Å². The summed E-state index contributed by atoms with van der Waals surface area (Å²) in [6.07, 6.45) is -0.265. The molecular weight excluding hydrogens is 696 g/mol. The minimum absolute atomic E-state index is 0.0503. The molecule has 1 fully saturated rings. The van der Waals surface area contributed by atoms with Crippen molar-refractivity contribution in [3.8, 4) is 0 Å². The van der Waals surface area contributed by atoms with Gasteiger partial charge in [-0.15, -0.1) is 0 Å². The summed E-state index contributed by atoms with van der Waals surface area (Å²) in [7, 11) is -3.05. The predicted molar refractivity (Wildman–Crippen MR) is 203 cm³/mol. The van der Waals surface area contributed by atoms with Crippen molar-refractivity contribution in [1.29, 1.82) is 0 Å². The minimum atomic E-state index is -3.05. The predicted octanol–water partition coefficient (Wildman–Crippen LogP) is 5.86. The number of amides is 3. The number of hydrogen-bond acceptors (Lipinski definition) is 7. The number of nitrogens with one attached hydrogen (secondary N) is 1. The van der Waals surface area contributed by atoms with Crippen LogP contribution in [0.1, 0.15) is 46.0 Å². The highest BCUT2D eigenvalue weighted by Gasteiger charge is 2.66. The number of rotatable bonds is 8. The fourth-order valence-corrected chi connectivity index (χ4v) is 11.2. The molecule has 0 saturated carbocycles. The average Bonchev–Trinajstić information content (AvgIpc) is 3.53. The molecule has 0 unspecified atom stereocenters. The molecule has 270 valence electrons. The molecule has 7 rings (SSSR count). The lowest BCUT2D eigenvalue weighted by Crippen LogP contribution is -2.48. The molecular formula is C40H43ClN4O6Si. The van der Waals surface area contributed by atoms with Crippen LogP contribution in [0.3, 0.4) is 0 Å². The SMILES string of the molecule is C[C@@H]1[C@@H]([Si](C)(C)O)[C@H](CC(=O)N2Cc3ccccc3C[C@H]2CO)O[C@@]12C(=O)N(Cc1cccc(NC(=O)c3ccc(N)cc3)c1)c1ccc(Cl)cc12. The van der Waals surface area contributed by atoms with E-state index in [4.69, 9.17) is 22.1 Å². The lowest BCUT2D eigenvalue weighted by Gasteiger charge is -2.37. The van der Waals surface area contributed by atoms with E-state index in [1.54, 1.807) is 58.3 Å². The zero-order chi connectivity index (χ0) is 36.9. The Bertz CT molecular complexity index is 2040. The molecule has 1 spiro atoms. The van der Waals surface area contributed by atoms with Gasteiger partial charge in [-0.1, -0.05) is 54.9 Å². The summed E-state index contributed by atoms with van der Waals surface area (Å²) in [6.45, 7) is 5.93. The van der Waals surface area contributed by atoms with Crippen molar-refractivity contribution in [3.05, 3.63) is 124 Å². The molecule has 1 saturated heterocycles. The van der Waals surface area contributed by atoms with E-state index in [-0.39, 0.29) is 43.3 Å². The number of nitrogen functional groups attached to an aromatic ring is 1. The van der Waals surface area contributed by atoms with Gasteiger partial charge < -0.3 is 35.5 Å². The zero-order valence-corrected chi connectivity index (χ0v) is 31.1. The highest BCUT2D eigenvalue weighted by atomic mass is 35.5. The van der Waals surface area contributed by atoms with Crippen LogP contribution >= 0.6 is 11.6 Å². The highest BCUT2D eigenvalue weighted by molar-refractivity contribution is 6.71. The summed E-state index contributed by atoms with van der Waals surface area (Å²) in [6, 6.07) is 26.8. The third kappa shape index (κ3) is 6.41. The molecule has 12 heteroatoms. The normalized spacial score (nSPS) is 23.8. The number of aliphatic hydroxyl groups is 1. The number of nitrogens with zero attached hydrogens (tertiary/aromatic N) is 2. The number of ether oxygens (including phenoxy) is 1. The van der Waals surface area contributed by atoms with Gasteiger partial charge in [0.2, 0.25) is 5.91 Å². The topological polar surface area (TPSA) is 145 Å². The van der Waals surface area contributed by atoms with Crippen LogP contribution in [0, 0.1) is 5.92 Å². The molecule has 4 aromatic carbocycles. The third-order valence-electron chi connectivity index (χ3n) is 10.9. The average molecular weight is 739 g/mol. The molecule has 5 N–H and O–H groups in total. The smallest absolute Gasteiger partial charge is 0.264 e. The first-order valence-electron chi connectivity index (χ1n) is 17.5. The Morgan fingerprint density at radius 3 is 2.46 bits per heavy atom. The van der Waals surface area contributed by atoms with E-state index in [0.717, 1.165) is 16.7 Å². The van der Waals surface area contributed by atoms with Crippen molar-refractivity contribution in [2.45, 2.75) is 69.2 Å². The highest BCUT2D eigenvalue weighted by Crippen LogP contribution is 2.60. The molecule has 10 nitrogen and oxygen atoms in total. The lowest BCUT2D eigenvalue weighted by atomic mass is 9.82. The number of carbonyl (C=O) groups is 3. The number of benzene rings is 4. The quantitative estimate of drug-likeness (QED) is 0.131. The number of nitrogens with two attached hydrogens (primary N) is 1. The Labute approximate surface area is 309 Å². The lowest BCUT2D eigenvalue weighted by molar-refractivity contribution is -0.151. The van der Waals surface area contributed by atoms with Crippen LogP contribution in [0.2, 0.25) is 23.7 Å². The first-order chi connectivity index (χ1) is 24.8. The molecule has 0 aromatic heterocycles. The molecule has 0 aliphatic carbocycles. The second kappa shape index (κ2) is 13.8. The summed E-state index contributed by atoms with van der Waals surface area (Å²) in [5.74, 6) is -1.28. The Kier molecular flexibility index (Phi) is 9.51. The first kappa shape index (κ1) is 35.9. The van der Waals surface area contributed by atoms with E-state index in [1.807, 2.05) is 62.5 Å². The Morgan fingerprint density at radius 1 is 1.02 bits per heavy atom. The third-order valence-corrected chi connectivity index (χ3v) is 13.6. The van der Waals surface area contributed by atoms with Gasteiger partial charge in [0.15, 0.2) is 13.9 Å². The second-order valence-electron chi connectivity index (χ2n) is 14.7. The number of carbonyl (C=O) groups excluding carboxylic acids is 3. The van der Waals surface area contributed by atoms with Crippen LogP contribution in [-0.2, 0) is 39.4 Å². The Hall–Kier alpha value is -4.52. The van der Waals surface area contributed by atoms with Crippen LogP contribution in [0.4, 0.5) is 17.1 Å². The van der Waals surface area contributed by atoms with Gasteiger partial charge in [-0.2, -0.15) is 0 Å². The van der Waals surface area contributed by atoms with Crippen molar-refractivity contribution in [2.75, 3.05) is 22.6 Å². The number of fused-ring (bicyclic) bond motifs is 3. The number of aliphatic hydroxyl groups excluding tert-OH is 1. The summed E-state index contributed by atoms with van der Waals surface area (Å²) in [4.78, 5) is 57.1. The van der Waals surface area contributed by atoms with E-state index in [0.29, 0.717) is 46.2 Å². The van der Waals surface area contributed by atoms with Gasteiger partial charge in [0.05, 0.1) is 37.4 Å². The van der Waals surface area contributed by atoms with Crippen molar-refractivity contribution < 1.29 is 29.0 Å². The maximum absolute atomic E-state index is 14.9. The Morgan fingerprint density at radius 2 is 1.75 bits per heavy atom. The maximum Gasteiger partial charge on any atom is 0.264 e. The summed E-state index contributed by atoms with van der Waals surface area (Å²) in [5, 5.41) is 13.6. The van der Waals surface area contributed by atoms with Crippen molar-refractivity contribution in [2.24, 2.45) is 5.92 Å². The van der Waals surface area contributed by atoms with Gasteiger partial charge in [-0.05, 0) is 90.8 Å². The van der Waals surface area contributed by atoms with Crippen LogP contribution < -0.4 is 16.0 Å². The van der Waals surface area contributed by atoms with Crippen LogP contribution in [0.25, 0.3) is 0 Å². The van der Waals surface area contributed by atoms with Gasteiger partial charge in [-0.3, -0.25) is 14.4 Å². The summed E-state index contributed by atoms with van der Waals surface area (Å²) < 4.78 is 6.91. The Balaban J connectivity index is 1.18. The summed E-state index contributed by atoms with van der Waals surface area (Å²) >= 11 is 6.58. The van der Waals surface area contributed by atoms with E-state index < -0.39 is 31.5 Å².